The smallest absolute Gasteiger partial charge is 0.307 e. The van der Waals surface area contributed by atoms with Crippen molar-refractivity contribution in [1.29, 1.82) is 0 Å². The molecular formula is C19H18ClN3O5S2. The highest BCUT2D eigenvalue weighted by Gasteiger charge is 2.15. The summed E-state index contributed by atoms with van der Waals surface area (Å²) in [4.78, 5) is 28.9. The molecule has 2 aromatic carbocycles. The van der Waals surface area contributed by atoms with E-state index >= 15 is 0 Å². The van der Waals surface area contributed by atoms with Gasteiger partial charge >= 0.3 is 5.97 Å². The topological polar surface area (TPSA) is 121 Å². The molecule has 2 N–H and O–H groups in total. The van der Waals surface area contributed by atoms with E-state index in [1.807, 2.05) is 0 Å². The molecule has 3 aromatic rings. The van der Waals surface area contributed by atoms with Gasteiger partial charge in [0.15, 0.2) is 4.80 Å². The fraction of sp³-hybridized carbons (Fsp3) is 0.211. The number of nitrogens with two attached hydrogens (primary N) is 1. The molecule has 11 heteroatoms. The van der Waals surface area contributed by atoms with Crippen molar-refractivity contribution in [2.45, 2.75) is 24.8 Å². The third-order valence-electron chi connectivity index (χ3n) is 4.12. The van der Waals surface area contributed by atoms with Crippen molar-refractivity contribution in [3.05, 3.63) is 57.9 Å². The van der Waals surface area contributed by atoms with Crippen LogP contribution in [0.2, 0.25) is 5.02 Å². The van der Waals surface area contributed by atoms with E-state index in [1.54, 1.807) is 41.8 Å². The fourth-order valence-electron chi connectivity index (χ4n) is 2.71. The van der Waals surface area contributed by atoms with Gasteiger partial charge in [0.25, 0.3) is 5.91 Å². The number of hydrogen-bond acceptors (Lipinski definition) is 6. The highest BCUT2D eigenvalue weighted by molar-refractivity contribution is 7.89. The number of halogens is 1. The zero-order chi connectivity index (χ0) is 21.9. The molecule has 8 nitrogen and oxygen atoms in total. The lowest BCUT2D eigenvalue weighted by Gasteiger charge is -2.06. The molecule has 0 aliphatic heterocycles. The average Bonchev–Trinajstić information content (AvgIpc) is 3.02. The molecule has 3 rings (SSSR count). The van der Waals surface area contributed by atoms with E-state index in [0.717, 1.165) is 11.3 Å². The summed E-state index contributed by atoms with van der Waals surface area (Å²) in [5.74, 6) is -0.879. The number of aromatic nitrogens is 1. The van der Waals surface area contributed by atoms with Gasteiger partial charge in [0, 0.05) is 17.1 Å². The SMILES string of the molecule is CCOC(=O)CCn1c(=NC(=O)c2ccc(Cl)cc2)sc2cc(S(N)(=O)=O)ccc21. The lowest BCUT2D eigenvalue weighted by molar-refractivity contribution is -0.143. The second-order valence-electron chi connectivity index (χ2n) is 6.19. The minimum atomic E-state index is -3.89. The second kappa shape index (κ2) is 9.09. The molecule has 0 spiro atoms. The number of primary sulfonamides is 1. The van der Waals surface area contributed by atoms with E-state index < -0.39 is 15.9 Å². The van der Waals surface area contributed by atoms with Gasteiger partial charge in [0.2, 0.25) is 10.0 Å². The number of fused-ring (bicyclic) bond motifs is 1. The lowest BCUT2D eigenvalue weighted by atomic mass is 10.2. The van der Waals surface area contributed by atoms with Gasteiger partial charge in [-0.05, 0) is 49.4 Å². The Balaban J connectivity index is 2.09. The minimum absolute atomic E-state index is 0.0515. The van der Waals surface area contributed by atoms with Crippen LogP contribution in [-0.2, 0) is 26.1 Å². The summed E-state index contributed by atoms with van der Waals surface area (Å²) < 4.78 is 30.5. The van der Waals surface area contributed by atoms with E-state index in [0.29, 0.717) is 25.6 Å². The van der Waals surface area contributed by atoms with Crippen LogP contribution < -0.4 is 9.94 Å². The molecule has 0 fully saturated rings. The van der Waals surface area contributed by atoms with Crippen molar-refractivity contribution >= 4 is 55.1 Å². The molecule has 0 saturated carbocycles. The van der Waals surface area contributed by atoms with E-state index in [1.165, 1.54) is 12.1 Å². The Labute approximate surface area is 181 Å². The standard InChI is InChI=1S/C19H18ClN3O5S2/c1-2-28-17(24)9-10-23-15-8-7-14(30(21,26)27)11-16(15)29-19(23)22-18(25)12-3-5-13(20)6-4-12/h3-8,11H,2,9-10H2,1H3,(H2,21,26,27). The Morgan fingerprint density at radius 2 is 1.90 bits per heavy atom. The molecule has 30 heavy (non-hydrogen) atoms. The highest BCUT2D eigenvalue weighted by atomic mass is 35.5. The number of carbonyl (C=O) groups excluding carboxylic acids is 2. The van der Waals surface area contributed by atoms with Crippen LogP contribution in [0.1, 0.15) is 23.7 Å². The van der Waals surface area contributed by atoms with Gasteiger partial charge in [-0.25, -0.2) is 13.6 Å². The lowest BCUT2D eigenvalue weighted by Crippen LogP contribution is -2.19. The maximum Gasteiger partial charge on any atom is 0.307 e. The molecule has 0 radical (unpaired) electrons. The Kier molecular flexibility index (Phi) is 6.71. The molecule has 0 aliphatic carbocycles. The second-order valence-corrected chi connectivity index (χ2v) is 9.20. The van der Waals surface area contributed by atoms with Crippen LogP contribution >= 0.6 is 22.9 Å². The first-order valence-corrected chi connectivity index (χ1v) is 11.6. The number of rotatable bonds is 6. The third kappa shape index (κ3) is 5.14. The monoisotopic (exact) mass is 467 g/mol. The predicted molar refractivity (Wildman–Crippen MR) is 114 cm³/mol. The quantitative estimate of drug-likeness (QED) is 0.558. The van der Waals surface area contributed by atoms with Crippen LogP contribution in [0.5, 0.6) is 0 Å². The van der Waals surface area contributed by atoms with Crippen LogP contribution in [-0.4, -0.2) is 31.5 Å². The first kappa shape index (κ1) is 22.2. The Bertz CT molecular complexity index is 1280. The van der Waals surface area contributed by atoms with Gasteiger partial charge in [-0.3, -0.25) is 9.59 Å². The van der Waals surface area contributed by atoms with E-state index in [-0.39, 0.29) is 30.4 Å². The van der Waals surface area contributed by atoms with Crippen molar-refractivity contribution < 1.29 is 22.7 Å². The number of carbonyl (C=O) groups is 2. The first-order valence-electron chi connectivity index (χ1n) is 8.85. The van der Waals surface area contributed by atoms with Crippen LogP contribution in [0.4, 0.5) is 0 Å². The number of benzene rings is 2. The van der Waals surface area contributed by atoms with E-state index in [9.17, 15) is 18.0 Å². The Morgan fingerprint density at radius 1 is 1.20 bits per heavy atom. The normalized spacial score (nSPS) is 12.3. The fourth-order valence-corrected chi connectivity index (χ4v) is 4.55. The highest BCUT2D eigenvalue weighted by Crippen LogP contribution is 2.22. The molecule has 0 atom stereocenters. The van der Waals surface area contributed by atoms with Crippen molar-refractivity contribution in [3.63, 3.8) is 0 Å². The van der Waals surface area contributed by atoms with E-state index in [2.05, 4.69) is 4.99 Å². The van der Waals surface area contributed by atoms with Gasteiger partial charge < -0.3 is 9.30 Å². The molecule has 0 aliphatic rings. The van der Waals surface area contributed by atoms with Crippen LogP contribution in [0.25, 0.3) is 10.2 Å². The minimum Gasteiger partial charge on any atom is -0.466 e. The summed E-state index contributed by atoms with van der Waals surface area (Å²) in [6.45, 7) is 2.18. The summed E-state index contributed by atoms with van der Waals surface area (Å²) in [5.41, 5.74) is 0.971. The van der Waals surface area contributed by atoms with Crippen molar-refractivity contribution in [3.8, 4) is 0 Å². The summed E-state index contributed by atoms with van der Waals surface area (Å²) in [5, 5.41) is 5.71. The van der Waals surface area contributed by atoms with Crippen molar-refractivity contribution in [1.82, 2.24) is 4.57 Å². The number of amides is 1. The maximum absolute atomic E-state index is 12.6. The molecule has 1 amide bonds. The number of aryl methyl sites for hydroxylation is 1. The van der Waals surface area contributed by atoms with Gasteiger partial charge in [0.1, 0.15) is 0 Å². The van der Waals surface area contributed by atoms with Gasteiger partial charge in [-0.1, -0.05) is 22.9 Å². The number of thiazole rings is 1. The molecule has 158 valence electrons. The van der Waals surface area contributed by atoms with E-state index in [4.69, 9.17) is 21.5 Å². The van der Waals surface area contributed by atoms with Crippen LogP contribution in [0.3, 0.4) is 0 Å². The number of hydrogen-bond donors (Lipinski definition) is 1. The molecule has 0 saturated heterocycles. The van der Waals surface area contributed by atoms with Crippen LogP contribution in [0, 0.1) is 0 Å². The van der Waals surface area contributed by atoms with Gasteiger partial charge in [-0.2, -0.15) is 4.99 Å². The number of ether oxygens (including phenoxy) is 1. The average molecular weight is 468 g/mol. The third-order valence-corrected chi connectivity index (χ3v) is 6.32. The summed E-state index contributed by atoms with van der Waals surface area (Å²) in [6.07, 6.45) is 0.0684. The Morgan fingerprint density at radius 3 is 2.53 bits per heavy atom. The molecule has 1 heterocycles. The summed E-state index contributed by atoms with van der Waals surface area (Å²) >= 11 is 6.98. The number of sulfonamides is 1. The number of nitrogens with zero attached hydrogens (tertiary/aromatic N) is 2. The van der Waals surface area contributed by atoms with Crippen molar-refractivity contribution in [2.75, 3.05) is 6.61 Å². The zero-order valence-electron chi connectivity index (χ0n) is 15.9. The Hall–Kier alpha value is -2.53. The molecule has 0 unspecified atom stereocenters. The summed E-state index contributed by atoms with van der Waals surface area (Å²) in [6, 6.07) is 10.7. The largest absolute Gasteiger partial charge is 0.466 e. The van der Waals surface area contributed by atoms with Gasteiger partial charge in [-0.15, -0.1) is 0 Å². The zero-order valence-corrected chi connectivity index (χ0v) is 18.3. The molecular weight excluding hydrogens is 450 g/mol. The number of esters is 1. The molecule has 1 aromatic heterocycles. The maximum atomic E-state index is 12.6. The van der Waals surface area contributed by atoms with Crippen molar-refractivity contribution in [2.24, 2.45) is 10.1 Å². The first-order chi connectivity index (χ1) is 14.2. The van der Waals surface area contributed by atoms with Gasteiger partial charge in [0.05, 0.1) is 28.1 Å². The molecule has 0 bridgehead atoms. The van der Waals surface area contributed by atoms with Crippen LogP contribution in [0.15, 0.2) is 52.4 Å². The summed E-state index contributed by atoms with van der Waals surface area (Å²) in [7, 11) is -3.89. The predicted octanol–water partition coefficient (Wildman–Crippen LogP) is 2.70.